The molecule has 0 bridgehead atoms. The van der Waals surface area contributed by atoms with E-state index in [4.69, 9.17) is 0 Å². The van der Waals surface area contributed by atoms with Crippen LogP contribution in [-0.2, 0) is 20.4 Å². The van der Waals surface area contributed by atoms with E-state index in [-0.39, 0.29) is 30.7 Å². The summed E-state index contributed by atoms with van der Waals surface area (Å²) in [5.41, 5.74) is 0. The van der Waals surface area contributed by atoms with E-state index in [2.05, 4.69) is 122 Å². The number of rotatable bonds is 8. The van der Waals surface area contributed by atoms with Crippen molar-refractivity contribution in [2.75, 3.05) is 0 Å². The molecule has 0 aromatic heterocycles. The summed E-state index contributed by atoms with van der Waals surface area (Å²) in [7, 11) is 5.99. The smallest absolute Gasteiger partial charge is 0.00757 e. The molecular formula is C24H46P2Pd. The molecule has 2 atom stereocenters. The SMILES string of the molecule is CC=CC=CC(P)(C(C)C)C(C)C.CC=CC=CC(P)(C(C)C)C(C)C.[Pd]. The van der Waals surface area contributed by atoms with Gasteiger partial charge in [-0.15, -0.1) is 18.5 Å². The zero-order chi connectivity index (χ0) is 21.0. The molecule has 0 saturated heterocycles. The van der Waals surface area contributed by atoms with Crippen molar-refractivity contribution in [2.24, 2.45) is 23.7 Å². The fourth-order valence-corrected chi connectivity index (χ4v) is 2.99. The van der Waals surface area contributed by atoms with Gasteiger partial charge < -0.3 is 0 Å². The van der Waals surface area contributed by atoms with Crippen LogP contribution in [0.4, 0.5) is 0 Å². The Morgan fingerprint density at radius 2 is 0.741 bits per heavy atom. The van der Waals surface area contributed by atoms with Gasteiger partial charge in [-0.1, -0.05) is 104 Å². The number of hydrogen-bond acceptors (Lipinski definition) is 0. The van der Waals surface area contributed by atoms with Crippen LogP contribution in [0.3, 0.4) is 0 Å². The number of allylic oxidation sites excluding steroid dienone is 8. The topological polar surface area (TPSA) is 0 Å². The third kappa shape index (κ3) is 11.9. The van der Waals surface area contributed by atoms with Crippen LogP contribution in [-0.4, -0.2) is 10.3 Å². The number of hydrogen-bond donors (Lipinski definition) is 0. The Morgan fingerprint density at radius 1 is 0.519 bits per heavy atom. The molecule has 0 amide bonds. The maximum Gasteiger partial charge on any atom is 0.00757 e. The summed E-state index contributed by atoms with van der Waals surface area (Å²) in [5, 5.41) is 0.471. The van der Waals surface area contributed by atoms with Gasteiger partial charge in [0.25, 0.3) is 0 Å². The van der Waals surface area contributed by atoms with E-state index in [1.807, 2.05) is 13.8 Å². The summed E-state index contributed by atoms with van der Waals surface area (Å²) >= 11 is 0. The van der Waals surface area contributed by atoms with Gasteiger partial charge in [0, 0.05) is 30.7 Å². The Bertz CT molecular complexity index is 409. The molecule has 3 heteroatoms. The zero-order valence-electron chi connectivity index (χ0n) is 19.4. The molecular weight excluding hydrogens is 457 g/mol. The van der Waals surface area contributed by atoms with Crippen LogP contribution in [0.15, 0.2) is 48.6 Å². The van der Waals surface area contributed by atoms with E-state index in [0.717, 1.165) is 0 Å². The minimum atomic E-state index is 0. The predicted octanol–water partition coefficient (Wildman–Crippen LogP) is 8.09. The van der Waals surface area contributed by atoms with Crippen molar-refractivity contribution in [3.8, 4) is 0 Å². The molecule has 2 unspecified atom stereocenters. The van der Waals surface area contributed by atoms with Crippen molar-refractivity contribution in [1.29, 1.82) is 0 Å². The van der Waals surface area contributed by atoms with Gasteiger partial charge in [0.05, 0.1) is 0 Å². The molecule has 162 valence electrons. The Kier molecular flexibility index (Phi) is 19.4. The van der Waals surface area contributed by atoms with Gasteiger partial charge in [0.1, 0.15) is 0 Å². The first-order valence-corrected chi connectivity index (χ1v) is 11.2. The van der Waals surface area contributed by atoms with E-state index in [0.29, 0.717) is 23.7 Å². The molecule has 0 aromatic rings. The van der Waals surface area contributed by atoms with E-state index < -0.39 is 0 Å². The zero-order valence-corrected chi connectivity index (χ0v) is 23.3. The molecule has 0 aliphatic rings. The normalized spacial score (nSPS) is 13.6. The monoisotopic (exact) mass is 502 g/mol. The van der Waals surface area contributed by atoms with Crippen molar-refractivity contribution in [1.82, 2.24) is 0 Å². The first-order valence-electron chi connectivity index (χ1n) is 10.1. The molecule has 0 spiro atoms. The molecule has 0 N–H and O–H groups in total. The van der Waals surface area contributed by atoms with Gasteiger partial charge in [-0.25, -0.2) is 0 Å². The maximum absolute atomic E-state index is 3.00. The van der Waals surface area contributed by atoms with E-state index in [9.17, 15) is 0 Å². The standard InChI is InChI=1S/2C12H23P.Pd/c2*1-6-7-8-9-12(13,10(2)3)11(4)5;/h2*6-11H,13H2,1-5H3;. The third-order valence-electron chi connectivity index (χ3n) is 5.38. The minimum absolute atomic E-state index is 0. The summed E-state index contributed by atoms with van der Waals surface area (Å²) < 4.78 is 0. The second-order valence-electron chi connectivity index (χ2n) is 8.39. The van der Waals surface area contributed by atoms with Crippen LogP contribution >= 0.6 is 18.5 Å². The molecule has 27 heavy (non-hydrogen) atoms. The van der Waals surface area contributed by atoms with Crippen molar-refractivity contribution < 1.29 is 20.4 Å². The van der Waals surface area contributed by atoms with Gasteiger partial charge >= 0.3 is 0 Å². The fraction of sp³-hybridized carbons (Fsp3) is 0.667. The molecule has 0 aliphatic heterocycles. The third-order valence-corrected chi connectivity index (χ3v) is 8.43. The minimum Gasteiger partial charge on any atom is -0.126 e. The van der Waals surface area contributed by atoms with Crippen molar-refractivity contribution in [3.05, 3.63) is 48.6 Å². The molecule has 0 fully saturated rings. The second kappa shape index (κ2) is 16.3. The second-order valence-corrected chi connectivity index (χ2v) is 10.4. The van der Waals surface area contributed by atoms with Crippen LogP contribution in [0.5, 0.6) is 0 Å². The quantitative estimate of drug-likeness (QED) is 0.179. The van der Waals surface area contributed by atoms with Gasteiger partial charge in [-0.3, -0.25) is 0 Å². The molecule has 0 heterocycles. The van der Waals surface area contributed by atoms with Crippen molar-refractivity contribution in [3.63, 3.8) is 0 Å². The summed E-state index contributed by atoms with van der Waals surface area (Å²) in [6.45, 7) is 22.2. The average molecular weight is 503 g/mol. The molecule has 0 nitrogen and oxygen atoms in total. The predicted molar refractivity (Wildman–Crippen MR) is 132 cm³/mol. The fourth-order valence-electron chi connectivity index (χ4n) is 2.77. The van der Waals surface area contributed by atoms with Crippen molar-refractivity contribution >= 4 is 18.5 Å². The van der Waals surface area contributed by atoms with Gasteiger partial charge in [-0.05, 0) is 37.5 Å². The van der Waals surface area contributed by atoms with Crippen LogP contribution in [0, 0.1) is 23.7 Å². The van der Waals surface area contributed by atoms with E-state index in [1.54, 1.807) is 0 Å². The molecule has 0 rings (SSSR count). The summed E-state index contributed by atoms with van der Waals surface area (Å²) in [6.07, 6.45) is 17.2. The van der Waals surface area contributed by atoms with Crippen LogP contribution in [0.2, 0.25) is 0 Å². The van der Waals surface area contributed by atoms with Gasteiger partial charge in [-0.2, -0.15) is 0 Å². The van der Waals surface area contributed by atoms with Gasteiger partial charge in [0.15, 0.2) is 0 Å². The summed E-state index contributed by atoms with van der Waals surface area (Å²) in [5.74, 6) is 2.61. The largest absolute Gasteiger partial charge is 0.126 e. The average Bonchev–Trinajstić information content (AvgIpc) is 2.54. The Morgan fingerprint density at radius 3 is 0.889 bits per heavy atom. The Hall–Kier alpha value is 0.482. The Labute approximate surface area is 190 Å². The Balaban J connectivity index is -0.000000411. The summed E-state index contributed by atoms with van der Waals surface area (Å²) in [6, 6.07) is 0. The first-order chi connectivity index (χ1) is 11.9. The van der Waals surface area contributed by atoms with E-state index in [1.165, 1.54) is 0 Å². The maximum atomic E-state index is 3.00. The first kappa shape index (κ1) is 32.2. The van der Waals surface area contributed by atoms with Crippen LogP contribution < -0.4 is 0 Å². The van der Waals surface area contributed by atoms with E-state index >= 15 is 0 Å². The van der Waals surface area contributed by atoms with Crippen molar-refractivity contribution in [2.45, 2.75) is 79.5 Å². The van der Waals surface area contributed by atoms with Crippen LogP contribution in [0.1, 0.15) is 69.2 Å². The molecule has 0 radical (unpaired) electrons. The van der Waals surface area contributed by atoms with Gasteiger partial charge in [0.2, 0.25) is 0 Å². The summed E-state index contributed by atoms with van der Waals surface area (Å²) in [4.78, 5) is 0. The molecule has 0 saturated carbocycles. The molecule has 0 aromatic carbocycles. The van der Waals surface area contributed by atoms with Crippen LogP contribution in [0.25, 0.3) is 0 Å². The molecule has 0 aliphatic carbocycles.